The summed E-state index contributed by atoms with van der Waals surface area (Å²) in [6.07, 6.45) is 2.76. The number of hydrogen-bond donors (Lipinski definition) is 2. The summed E-state index contributed by atoms with van der Waals surface area (Å²) in [6, 6.07) is 1.88. The van der Waals surface area contributed by atoms with Gasteiger partial charge in [0.25, 0.3) is 0 Å². The van der Waals surface area contributed by atoms with Crippen molar-refractivity contribution in [2.24, 2.45) is 5.92 Å². The van der Waals surface area contributed by atoms with Crippen molar-refractivity contribution in [1.29, 1.82) is 0 Å². The maximum atomic E-state index is 12.5. The van der Waals surface area contributed by atoms with Crippen molar-refractivity contribution in [3.05, 3.63) is 17.0 Å². The number of thiophene rings is 1. The third kappa shape index (κ3) is 2.92. The monoisotopic (exact) mass is 345 g/mol. The minimum atomic E-state index is -3.57. The second kappa shape index (κ2) is 5.59. The summed E-state index contributed by atoms with van der Waals surface area (Å²) in [5.74, 6) is -0.938. The lowest BCUT2D eigenvalue weighted by atomic mass is 9.71. The van der Waals surface area contributed by atoms with Crippen LogP contribution in [0.1, 0.15) is 37.2 Å². The molecule has 122 valence electrons. The Hall–Kier alpha value is -0.960. The van der Waals surface area contributed by atoms with Gasteiger partial charge in [-0.1, -0.05) is 0 Å². The van der Waals surface area contributed by atoms with Gasteiger partial charge in [0.15, 0.2) is 0 Å². The van der Waals surface area contributed by atoms with Crippen molar-refractivity contribution in [3.63, 3.8) is 0 Å². The van der Waals surface area contributed by atoms with E-state index < -0.39 is 27.5 Å². The Kier molecular flexibility index (Phi) is 4.05. The number of ether oxygens (including phenoxy) is 1. The molecule has 3 rings (SSSR count). The molecular weight excluding hydrogens is 326 g/mol. The largest absolute Gasteiger partial charge is 0.481 e. The molecule has 0 saturated heterocycles. The van der Waals surface area contributed by atoms with Gasteiger partial charge in [-0.15, -0.1) is 11.3 Å². The molecule has 0 aliphatic heterocycles. The van der Waals surface area contributed by atoms with Gasteiger partial charge in [0.2, 0.25) is 10.0 Å². The van der Waals surface area contributed by atoms with E-state index in [-0.39, 0.29) is 6.54 Å². The van der Waals surface area contributed by atoms with Crippen molar-refractivity contribution >= 4 is 27.3 Å². The molecule has 0 radical (unpaired) electrons. The molecule has 2 saturated carbocycles. The summed E-state index contributed by atoms with van der Waals surface area (Å²) in [7, 11) is -2.08. The molecule has 0 aromatic carbocycles. The molecule has 0 unspecified atom stereocenters. The van der Waals surface area contributed by atoms with Crippen LogP contribution in [0, 0.1) is 5.92 Å². The summed E-state index contributed by atoms with van der Waals surface area (Å²) < 4.78 is 33.3. The van der Waals surface area contributed by atoms with Crippen LogP contribution in [0.3, 0.4) is 0 Å². The molecule has 1 aromatic rings. The summed E-state index contributed by atoms with van der Waals surface area (Å²) in [6.45, 7) is 0.109. The fourth-order valence-corrected chi connectivity index (χ4v) is 5.60. The van der Waals surface area contributed by atoms with Crippen molar-refractivity contribution in [2.45, 2.75) is 41.4 Å². The zero-order valence-corrected chi connectivity index (χ0v) is 13.9. The summed E-state index contributed by atoms with van der Waals surface area (Å²) in [5.41, 5.74) is 0.202. The molecule has 6 nitrogen and oxygen atoms in total. The molecule has 2 N–H and O–H groups in total. The van der Waals surface area contributed by atoms with E-state index >= 15 is 0 Å². The highest BCUT2D eigenvalue weighted by Gasteiger charge is 2.48. The number of aliphatic carboxylic acids is 1. The maximum Gasteiger partial charge on any atom is 0.306 e. The standard InChI is InChI=1S/C14H19NO5S2/c1-20-14(6-10(7-14)12(16)17)8-15-22(18,19)13-11(4-5-21-13)9-2-3-9/h4-5,9-10,15H,2-3,6-8H2,1H3,(H,16,17). The van der Waals surface area contributed by atoms with Gasteiger partial charge in [-0.3, -0.25) is 4.79 Å². The van der Waals surface area contributed by atoms with Gasteiger partial charge in [-0.2, -0.15) is 0 Å². The third-order valence-corrected chi connectivity index (χ3v) is 7.44. The lowest BCUT2D eigenvalue weighted by molar-refractivity contribution is -0.161. The van der Waals surface area contributed by atoms with Crippen LogP contribution in [0.5, 0.6) is 0 Å². The van der Waals surface area contributed by atoms with E-state index in [1.165, 1.54) is 18.4 Å². The van der Waals surface area contributed by atoms with Crippen molar-refractivity contribution < 1.29 is 23.1 Å². The normalized spacial score (nSPS) is 28.3. The molecule has 0 amide bonds. The Bertz CT molecular complexity index is 671. The number of sulfonamides is 1. The summed E-state index contributed by atoms with van der Waals surface area (Å²) >= 11 is 1.23. The first kappa shape index (κ1) is 15.9. The van der Waals surface area contributed by atoms with E-state index in [0.29, 0.717) is 23.0 Å². The zero-order valence-electron chi connectivity index (χ0n) is 12.2. The molecule has 0 spiro atoms. The lowest BCUT2D eigenvalue weighted by Crippen LogP contribution is -2.55. The Labute approximate surface area is 133 Å². The SMILES string of the molecule is COC1(CNS(=O)(=O)c2sccc2C2CC2)CC(C(=O)O)C1. The van der Waals surface area contributed by atoms with Crippen molar-refractivity contribution in [1.82, 2.24) is 4.72 Å². The van der Waals surface area contributed by atoms with Gasteiger partial charge in [0.1, 0.15) is 4.21 Å². The topological polar surface area (TPSA) is 92.7 Å². The predicted molar refractivity (Wildman–Crippen MR) is 81.6 cm³/mol. The van der Waals surface area contributed by atoms with Crippen LogP contribution >= 0.6 is 11.3 Å². The minimum Gasteiger partial charge on any atom is -0.481 e. The predicted octanol–water partition coefficient (Wildman–Crippen LogP) is 1.78. The first-order valence-corrected chi connectivity index (χ1v) is 9.58. The molecule has 0 atom stereocenters. The second-order valence-electron chi connectivity index (χ2n) is 6.09. The molecule has 2 aliphatic carbocycles. The van der Waals surface area contributed by atoms with Crippen LogP contribution in [0.25, 0.3) is 0 Å². The smallest absolute Gasteiger partial charge is 0.306 e. The Balaban J connectivity index is 1.67. The van der Waals surface area contributed by atoms with Gasteiger partial charge >= 0.3 is 5.97 Å². The first-order valence-electron chi connectivity index (χ1n) is 7.22. The average molecular weight is 345 g/mol. The van der Waals surface area contributed by atoms with E-state index in [1.54, 1.807) is 5.38 Å². The molecular formula is C14H19NO5S2. The Morgan fingerprint density at radius 2 is 2.18 bits per heavy atom. The maximum absolute atomic E-state index is 12.5. The van der Waals surface area contributed by atoms with Gasteiger partial charge in [-0.25, -0.2) is 13.1 Å². The lowest BCUT2D eigenvalue weighted by Gasteiger charge is -2.44. The van der Waals surface area contributed by atoms with E-state index in [4.69, 9.17) is 9.84 Å². The van der Waals surface area contributed by atoms with E-state index in [0.717, 1.165) is 18.4 Å². The van der Waals surface area contributed by atoms with Crippen LogP contribution in [0.4, 0.5) is 0 Å². The average Bonchev–Trinajstić information content (AvgIpc) is 3.14. The highest BCUT2D eigenvalue weighted by molar-refractivity contribution is 7.91. The highest BCUT2D eigenvalue weighted by Crippen LogP contribution is 2.45. The highest BCUT2D eigenvalue weighted by atomic mass is 32.2. The number of rotatable bonds is 7. The number of methoxy groups -OCH3 is 1. The van der Waals surface area contributed by atoms with Crippen LogP contribution in [0.15, 0.2) is 15.7 Å². The van der Waals surface area contributed by atoms with Gasteiger partial charge in [0.05, 0.1) is 11.5 Å². The molecule has 1 aromatic heterocycles. The fourth-order valence-electron chi connectivity index (χ4n) is 2.91. The quantitative estimate of drug-likeness (QED) is 0.786. The Morgan fingerprint density at radius 3 is 2.73 bits per heavy atom. The third-order valence-electron chi connectivity index (χ3n) is 4.52. The summed E-state index contributed by atoms with van der Waals surface area (Å²) in [4.78, 5) is 10.9. The molecule has 8 heteroatoms. The molecule has 0 bridgehead atoms. The van der Waals surface area contributed by atoms with Crippen LogP contribution in [-0.2, 0) is 19.6 Å². The van der Waals surface area contributed by atoms with Gasteiger partial charge in [0, 0.05) is 13.7 Å². The van der Waals surface area contributed by atoms with Crippen LogP contribution in [0.2, 0.25) is 0 Å². The number of nitrogens with one attached hydrogen (secondary N) is 1. The zero-order chi connectivity index (χ0) is 16.0. The first-order chi connectivity index (χ1) is 10.4. The number of carbonyl (C=O) groups is 1. The molecule has 1 heterocycles. The Morgan fingerprint density at radius 1 is 1.50 bits per heavy atom. The second-order valence-corrected chi connectivity index (χ2v) is 8.97. The van der Waals surface area contributed by atoms with E-state index in [1.807, 2.05) is 6.07 Å². The minimum absolute atomic E-state index is 0.109. The van der Waals surface area contributed by atoms with Crippen LogP contribution in [-0.4, -0.2) is 38.7 Å². The van der Waals surface area contributed by atoms with Crippen molar-refractivity contribution in [3.8, 4) is 0 Å². The number of carboxylic acid groups (broad SMARTS) is 1. The molecule has 2 fully saturated rings. The van der Waals surface area contributed by atoms with Gasteiger partial charge < -0.3 is 9.84 Å². The van der Waals surface area contributed by atoms with E-state index in [2.05, 4.69) is 4.72 Å². The molecule has 2 aliphatic rings. The van der Waals surface area contributed by atoms with Crippen molar-refractivity contribution in [2.75, 3.05) is 13.7 Å². The summed E-state index contributed by atoms with van der Waals surface area (Å²) in [5, 5.41) is 10.8. The van der Waals surface area contributed by atoms with E-state index in [9.17, 15) is 13.2 Å². The number of hydrogen-bond acceptors (Lipinski definition) is 5. The molecule has 22 heavy (non-hydrogen) atoms. The fraction of sp³-hybridized carbons (Fsp3) is 0.643. The number of carboxylic acids is 1. The van der Waals surface area contributed by atoms with Gasteiger partial charge in [-0.05, 0) is 48.6 Å². The van der Waals surface area contributed by atoms with Crippen LogP contribution < -0.4 is 4.72 Å².